The van der Waals surface area contributed by atoms with E-state index < -0.39 is 27.5 Å². The van der Waals surface area contributed by atoms with Gasteiger partial charge in [-0.25, -0.2) is 8.78 Å². The van der Waals surface area contributed by atoms with E-state index in [-0.39, 0.29) is 18.0 Å². The Hall–Kier alpha value is -0.720. The first-order valence-electron chi connectivity index (χ1n) is 3.27. The largest absolute Gasteiger partial charge is 0.285 e. The van der Waals surface area contributed by atoms with E-state index in [1.165, 1.54) is 0 Å². The Bertz CT molecular complexity index is 419. The first kappa shape index (κ1) is 13.3. The van der Waals surface area contributed by atoms with Crippen molar-refractivity contribution in [1.29, 1.82) is 0 Å². The third-order valence-electron chi connectivity index (χ3n) is 1.33. The highest BCUT2D eigenvalue weighted by molar-refractivity contribution is 7.85. The first-order chi connectivity index (χ1) is 5.88. The highest BCUT2D eigenvalue weighted by Gasteiger charge is 2.09. The summed E-state index contributed by atoms with van der Waals surface area (Å²) in [6.07, 6.45) is 0. The summed E-state index contributed by atoms with van der Waals surface area (Å²) in [6, 6.07) is 2.62. The van der Waals surface area contributed by atoms with Gasteiger partial charge in [-0.05, 0) is 17.7 Å². The molecule has 0 heterocycles. The minimum atomic E-state index is -4.20. The molecule has 0 bridgehead atoms. The molecule has 0 radical (unpaired) electrons. The average Bonchev–Trinajstić information content (AvgIpc) is 1.94. The van der Waals surface area contributed by atoms with E-state index in [0.29, 0.717) is 0 Å². The fourth-order valence-corrected chi connectivity index (χ4v) is 1.44. The van der Waals surface area contributed by atoms with Gasteiger partial charge >= 0.3 is 0 Å². The van der Waals surface area contributed by atoms with Crippen molar-refractivity contribution in [2.45, 2.75) is 5.75 Å². The molecular weight excluding hydrogens is 238 g/mol. The monoisotopic (exact) mass is 244 g/mol. The van der Waals surface area contributed by atoms with Gasteiger partial charge in [-0.1, -0.05) is 6.07 Å². The third kappa shape index (κ3) is 3.99. The Balaban J connectivity index is 0.00000169. The molecule has 0 saturated carbocycles. The lowest BCUT2D eigenvalue weighted by Gasteiger charge is -1.98. The van der Waals surface area contributed by atoms with E-state index in [9.17, 15) is 17.2 Å². The minimum Gasteiger partial charge on any atom is -0.285 e. The quantitative estimate of drug-likeness (QED) is 0.807. The number of halogens is 3. The minimum absolute atomic E-state index is 0. The van der Waals surface area contributed by atoms with E-state index >= 15 is 0 Å². The summed E-state index contributed by atoms with van der Waals surface area (Å²) in [4.78, 5) is 0. The average molecular weight is 245 g/mol. The second kappa shape index (κ2) is 4.68. The van der Waals surface area contributed by atoms with Crippen LogP contribution in [0.15, 0.2) is 18.2 Å². The molecule has 0 aromatic heterocycles. The molecule has 0 aliphatic rings. The summed E-state index contributed by atoms with van der Waals surface area (Å²) in [5.41, 5.74) is 0.00130. The molecule has 1 aromatic rings. The van der Waals surface area contributed by atoms with Crippen LogP contribution in [0.1, 0.15) is 5.56 Å². The Kier molecular flexibility index (Phi) is 4.44. The van der Waals surface area contributed by atoms with Gasteiger partial charge < -0.3 is 0 Å². The van der Waals surface area contributed by atoms with Crippen LogP contribution in [0.2, 0.25) is 0 Å². The Morgan fingerprint density at radius 1 is 1.21 bits per heavy atom. The second-order valence-corrected chi connectivity index (χ2v) is 3.93. The maximum atomic E-state index is 12.5. The van der Waals surface area contributed by atoms with E-state index in [1.807, 2.05) is 0 Å². The summed E-state index contributed by atoms with van der Waals surface area (Å²) in [7, 11) is -4.20. The van der Waals surface area contributed by atoms with Crippen LogP contribution in [0.5, 0.6) is 0 Å². The summed E-state index contributed by atoms with van der Waals surface area (Å²) >= 11 is 0. The van der Waals surface area contributed by atoms with Gasteiger partial charge in [0.25, 0.3) is 10.1 Å². The summed E-state index contributed by atoms with van der Waals surface area (Å²) in [6.45, 7) is 0. The van der Waals surface area contributed by atoms with Crippen LogP contribution < -0.4 is 0 Å². The molecule has 7 heteroatoms. The van der Waals surface area contributed by atoms with Gasteiger partial charge in [0.15, 0.2) is 11.6 Å². The molecule has 0 atom stereocenters. The van der Waals surface area contributed by atoms with Crippen molar-refractivity contribution in [2.24, 2.45) is 0 Å². The van der Waals surface area contributed by atoms with Gasteiger partial charge in [0.05, 0.1) is 0 Å². The van der Waals surface area contributed by atoms with Crippen LogP contribution in [0.25, 0.3) is 0 Å². The molecule has 1 rings (SSSR count). The zero-order valence-corrected chi connectivity index (χ0v) is 8.41. The fraction of sp³-hybridized carbons (Fsp3) is 0.143. The van der Waals surface area contributed by atoms with Gasteiger partial charge in [-0.3, -0.25) is 4.55 Å². The van der Waals surface area contributed by atoms with Crippen LogP contribution >= 0.6 is 12.4 Å². The lowest BCUT2D eigenvalue weighted by Crippen LogP contribution is -2.02. The topological polar surface area (TPSA) is 54.4 Å². The lowest BCUT2D eigenvalue weighted by molar-refractivity contribution is 0.481. The number of benzene rings is 1. The highest BCUT2D eigenvalue weighted by Crippen LogP contribution is 2.10. The molecular formula is C7H7ClF2O3S. The van der Waals surface area contributed by atoms with Crippen LogP contribution in [0.4, 0.5) is 8.78 Å². The maximum Gasteiger partial charge on any atom is 0.269 e. The van der Waals surface area contributed by atoms with Crippen molar-refractivity contribution in [3.63, 3.8) is 0 Å². The standard InChI is InChI=1S/C7H6F2O3S.ClH/c8-6-2-1-5(3-7(6)9)4-13(10,11)12;/h1-3H,4H2,(H,10,11,12);1H. The molecule has 1 N–H and O–H groups in total. The maximum absolute atomic E-state index is 12.5. The van der Waals surface area contributed by atoms with Crippen molar-refractivity contribution < 1.29 is 21.8 Å². The van der Waals surface area contributed by atoms with Crippen LogP contribution in [0, 0.1) is 11.6 Å². The SMILES string of the molecule is Cl.O=S(=O)(O)Cc1ccc(F)c(F)c1. The van der Waals surface area contributed by atoms with E-state index in [1.54, 1.807) is 0 Å². The molecule has 3 nitrogen and oxygen atoms in total. The van der Waals surface area contributed by atoms with Gasteiger partial charge in [-0.2, -0.15) is 8.42 Å². The second-order valence-electron chi connectivity index (χ2n) is 2.47. The number of hydrogen-bond acceptors (Lipinski definition) is 2. The zero-order valence-electron chi connectivity index (χ0n) is 6.78. The van der Waals surface area contributed by atoms with Crippen LogP contribution in [-0.4, -0.2) is 13.0 Å². The van der Waals surface area contributed by atoms with Gasteiger partial charge in [-0.15, -0.1) is 12.4 Å². The first-order valence-corrected chi connectivity index (χ1v) is 4.88. The van der Waals surface area contributed by atoms with Crippen molar-refractivity contribution >= 4 is 22.5 Å². The Morgan fingerprint density at radius 3 is 2.21 bits per heavy atom. The molecule has 0 amide bonds. The summed E-state index contributed by atoms with van der Waals surface area (Å²) < 4.78 is 53.9. The molecule has 14 heavy (non-hydrogen) atoms. The number of rotatable bonds is 2. The van der Waals surface area contributed by atoms with E-state index in [0.717, 1.165) is 18.2 Å². The summed E-state index contributed by atoms with van der Waals surface area (Å²) in [5, 5.41) is 0. The van der Waals surface area contributed by atoms with Crippen LogP contribution in [0.3, 0.4) is 0 Å². The van der Waals surface area contributed by atoms with Crippen molar-refractivity contribution in [3.8, 4) is 0 Å². The molecule has 0 saturated heterocycles. The third-order valence-corrected chi connectivity index (χ3v) is 2.03. The molecule has 0 spiro atoms. The molecule has 0 aliphatic heterocycles. The molecule has 0 fully saturated rings. The van der Waals surface area contributed by atoms with Crippen molar-refractivity contribution in [1.82, 2.24) is 0 Å². The molecule has 0 unspecified atom stereocenters. The van der Waals surface area contributed by atoms with E-state index in [2.05, 4.69) is 0 Å². The predicted octanol–water partition coefficient (Wildman–Crippen LogP) is 1.77. The van der Waals surface area contributed by atoms with Crippen molar-refractivity contribution in [3.05, 3.63) is 35.4 Å². The van der Waals surface area contributed by atoms with Gasteiger partial charge in [0.2, 0.25) is 0 Å². The van der Waals surface area contributed by atoms with Crippen molar-refractivity contribution in [2.75, 3.05) is 0 Å². The molecule has 1 aromatic carbocycles. The number of hydrogen-bond donors (Lipinski definition) is 1. The Morgan fingerprint density at radius 2 is 1.79 bits per heavy atom. The predicted molar refractivity (Wildman–Crippen MR) is 48.9 cm³/mol. The normalized spacial score (nSPS) is 10.8. The zero-order chi connectivity index (χ0) is 10.1. The van der Waals surface area contributed by atoms with Crippen LogP contribution in [-0.2, 0) is 15.9 Å². The van der Waals surface area contributed by atoms with Gasteiger partial charge in [0, 0.05) is 0 Å². The van der Waals surface area contributed by atoms with E-state index in [4.69, 9.17) is 4.55 Å². The van der Waals surface area contributed by atoms with Gasteiger partial charge in [0.1, 0.15) is 5.75 Å². The highest BCUT2D eigenvalue weighted by atomic mass is 35.5. The molecule has 80 valence electrons. The fourth-order valence-electron chi connectivity index (χ4n) is 0.840. The lowest BCUT2D eigenvalue weighted by atomic mass is 10.2. The smallest absolute Gasteiger partial charge is 0.269 e. The summed E-state index contributed by atoms with van der Waals surface area (Å²) in [5.74, 6) is -2.91. The molecule has 0 aliphatic carbocycles. The Labute approximate surface area is 85.9 Å².